The molecule has 0 radical (unpaired) electrons. The van der Waals surface area contributed by atoms with Crippen LogP contribution in [0.25, 0.3) is 12.2 Å². The number of carbonyl (C=O) groups is 2. The van der Waals surface area contributed by atoms with Crippen LogP contribution in [0.1, 0.15) is 46.3 Å². The first-order valence-corrected chi connectivity index (χ1v) is 16.3. The van der Waals surface area contributed by atoms with Crippen molar-refractivity contribution in [2.45, 2.75) is 24.9 Å². The molecule has 1 heterocycles. The zero-order chi connectivity index (χ0) is 37.2. The number of rotatable bonds is 15. The first-order valence-electron chi connectivity index (χ1n) is 16.3. The maximum atomic E-state index is 12.9. The van der Waals surface area contributed by atoms with Crippen molar-refractivity contribution < 1.29 is 58.1 Å². The van der Waals surface area contributed by atoms with Crippen LogP contribution in [0.15, 0.2) is 78.9 Å². The second-order valence-electron chi connectivity index (χ2n) is 11.7. The summed E-state index contributed by atoms with van der Waals surface area (Å²) in [6.07, 6.45) is 6.16. The zero-order valence-electron chi connectivity index (χ0n) is 29.2. The van der Waals surface area contributed by atoms with Crippen LogP contribution in [0.3, 0.4) is 0 Å². The molecule has 0 saturated carbocycles. The number of methoxy groups -OCH3 is 4. The van der Waals surface area contributed by atoms with Crippen LogP contribution in [0.5, 0.6) is 46.0 Å². The second kappa shape index (κ2) is 17.1. The van der Waals surface area contributed by atoms with Crippen LogP contribution >= 0.6 is 0 Å². The van der Waals surface area contributed by atoms with Crippen LogP contribution in [0.2, 0.25) is 0 Å². The molecule has 0 bridgehead atoms. The minimum Gasteiger partial charge on any atom is -0.504 e. The van der Waals surface area contributed by atoms with Crippen LogP contribution in [-0.4, -0.2) is 68.9 Å². The third-order valence-electron chi connectivity index (χ3n) is 8.40. The van der Waals surface area contributed by atoms with Gasteiger partial charge in [0.2, 0.25) is 0 Å². The maximum absolute atomic E-state index is 12.9. The van der Waals surface area contributed by atoms with Gasteiger partial charge in [0.25, 0.3) is 0 Å². The number of hydrogen-bond acceptors (Lipinski definition) is 12. The van der Waals surface area contributed by atoms with Gasteiger partial charge in [-0.3, -0.25) is 0 Å². The summed E-state index contributed by atoms with van der Waals surface area (Å²) in [5.74, 6) is 0.199. The summed E-state index contributed by atoms with van der Waals surface area (Å²) in [5, 5.41) is 29.9. The van der Waals surface area contributed by atoms with Crippen LogP contribution < -0.4 is 23.7 Å². The molecule has 0 saturated heterocycles. The number of benzene rings is 4. The Morgan fingerprint density at radius 2 is 1.21 bits per heavy atom. The number of ether oxygens (including phenoxy) is 7. The van der Waals surface area contributed by atoms with Gasteiger partial charge in [0.05, 0.1) is 41.0 Å². The number of aryl methyl sites for hydroxylation is 1. The van der Waals surface area contributed by atoms with Crippen molar-refractivity contribution in [1.29, 1.82) is 0 Å². The fourth-order valence-electron chi connectivity index (χ4n) is 5.74. The van der Waals surface area contributed by atoms with Gasteiger partial charge in [0, 0.05) is 17.7 Å². The van der Waals surface area contributed by atoms with E-state index in [4.69, 9.17) is 33.2 Å². The normalized spacial score (nSPS) is 14.8. The highest BCUT2D eigenvalue weighted by Crippen LogP contribution is 2.52. The molecule has 0 aromatic heterocycles. The molecular formula is C40H40O12. The molecule has 0 spiro atoms. The van der Waals surface area contributed by atoms with Crippen LogP contribution in [-0.2, 0) is 25.5 Å². The first-order chi connectivity index (χ1) is 25.1. The predicted octanol–water partition coefficient (Wildman–Crippen LogP) is 6.50. The number of hydrogen-bond donors (Lipinski definition) is 3. The van der Waals surface area contributed by atoms with Crippen LogP contribution in [0, 0.1) is 0 Å². The molecule has 0 aliphatic carbocycles. The summed E-state index contributed by atoms with van der Waals surface area (Å²) in [5.41, 5.74) is 3.63. The van der Waals surface area contributed by atoms with Gasteiger partial charge in [-0.2, -0.15) is 0 Å². The molecule has 4 aromatic rings. The van der Waals surface area contributed by atoms with Crippen LogP contribution in [0.4, 0.5) is 0 Å². The predicted molar refractivity (Wildman–Crippen MR) is 191 cm³/mol. The summed E-state index contributed by atoms with van der Waals surface area (Å²) in [4.78, 5) is 25.3. The number of aromatic hydroxyl groups is 3. The van der Waals surface area contributed by atoms with Gasteiger partial charge < -0.3 is 48.5 Å². The van der Waals surface area contributed by atoms with Crippen molar-refractivity contribution >= 4 is 24.1 Å². The molecule has 272 valence electrons. The Labute approximate surface area is 301 Å². The molecule has 0 amide bonds. The number of carbonyl (C=O) groups excluding carboxylic acids is 2. The maximum Gasteiger partial charge on any atom is 0.330 e. The standard InChI is InChI=1S/C40H40O12/c1-46-33-19-24(7-12-30(33)41)9-15-37(44)50-17-5-6-26-18-28-29(23-51-38(45)16-10-25-8-13-31(42)34(20-25)47-2)39(52-40(28)36(21-26)49-4)27-11-14-32(43)35(22-27)48-3/h7-16,18-22,29,39,41-43H,5-6,17,23H2,1-4H3/b15-9-,16-10+/t29-,39+/m0/s1. The lowest BCUT2D eigenvalue weighted by atomic mass is 9.90. The van der Waals surface area contributed by atoms with E-state index in [1.165, 1.54) is 58.8 Å². The molecule has 2 atom stereocenters. The number of phenols is 3. The molecule has 5 rings (SSSR count). The van der Waals surface area contributed by atoms with E-state index in [0.717, 1.165) is 11.1 Å². The van der Waals surface area contributed by atoms with Gasteiger partial charge in [0.15, 0.2) is 46.0 Å². The summed E-state index contributed by atoms with van der Waals surface area (Å²) < 4.78 is 38.9. The molecule has 1 aliphatic heterocycles. The minimum absolute atomic E-state index is 0.00112. The van der Waals surface area contributed by atoms with Gasteiger partial charge in [0.1, 0.15) is 12.7 Å². The smallest absolute Gasteiger partial charge is 0.330 e. The van der Waals surface area contributed by atoms with Gasteiger partial charge in [-0.25, -0.2) is 9.59 Å². The van der Waals surface area contributed by atoms with Crippen molar-refractivity contribution in [3.63, 3.8) is 0 Å². The fraction of sp³-hybridized carbons (Fsp3) is 0.250. The Morgan fingerprint density at radius 1 is 0.673 bits per heavy atom. The Hall–Kier alpha value is -6.30. The third kappa shape index (κ3) is 8.88. The first kappa shape index (κ1) is 37.0. The van der Waals surface area contributed by atoms with E-state index in [2.05, 4.69) is 0 Å². The lowest BCUT2D eigenvalue weighted by Gasteiger charge is -2.20. The van der Waals surface area contributed by atoms with Crippen molar-refractivity contribution in [2.75, 3.05) is 41.7 Å². The summed E-state index contributed by atoms with van der Waals surface area (Å²) in [6.45, 7) is 0.112. The third-order valence-corrected chi connectivity index (χ3v) is 8.40. The van der Waals surface area contributed by atoms with Crippen molar-refractivity contribution in [3.05, 3.63) is 107 Å². The summed E-state index contributed by atoms with van der Waals surface area (Å²) >= 11 is 0. The lowest BCUT2D eigenvalue weighted by Crippen LogP contribution is -2.17. The molecule has 0 fully saturated rings. The Bertz CT molecular complexity index is 1960. The largest absolute Gasteiger partial charge is 0.504 e. The minimum atomic E-state index is -0.618. The quantitative estimate of drug-likeness (QED) is 0.0699. The van der Waals surface area contributed by atoms with Gasteiger partial charge in [-0.1, -0.05) is 24.3 Å². The van der Waals surface area contributed by atoms with E-state index < -0.39 is 24.0 Å². The SMILES string of the molecule is COc1cc(/C=C\C(=O)OCCCc2cc(OC)c3c(c2)[C@H](COC(=O)/C=C/c2ccc(O)c(OC)c2)[C@@H](c2ccc(O)c(OC)c2)O3)ccc1O. The van der Waals surface area contributed by atoms with E-state index in [9.17, 15) is 24.9 Å². The second-order valence-corrected chi connectivity index (χ2v) is 11.7. The summed E-state index contributed by atoms with van der Waals surface area (Å²) in [6, 6.07) is 18.2. The highest BCUT2D eigenvalue weighted by Gasteiger charge is 2.39. The Balaban J connectivity index is 1.30. The molecule has 12 heteroatoms. The number of esters is 2. The van der Waals surface area contributed by atoms with E-state index >= 15 is 0 Å². The molecule has 0 unspecified atom stereocenters. The zero-order valence-corrected chi connectivity index (χ0v) is 29.2. The van der Waals surface area contributed by atoms with E-state index in [-0.39, 0.29) is 42.0 Å². The molecule has 12 nitrogen and oxygen atoms in total. The molecule has 1 aliphatic rings. The summed E-state index contributed by atoms with van der Waals surface area (Å²) in [7, 11) is 5.87. The lowest BCUT2D eigenvalue weighted by molar-refractivity contribution is -0.139. The Morgan fingerprint density at radius 3 is 1.79 bits per heavy atom. The molecule has 4 aromatic carbocycles. The highest BCUT2D eigenvalue weighted by molar-refractivity contribution is 5.87. The molecule has 3 N–H and O–H groups in total. The highest BCUT2D eigenvalue weighted by atomic mass is 16.5. The van der Waals surface area contributed by atoms with Gasteiger partial charge in [-0.15, -0.1) is 0 Å². The monoisotopic (exact) mass is 712 g/mol. The van der Waals surface area contributed by atoms with E-state index in [0.29, 0.717) is 46.8 Å². The average molecular weight is 713 g/mol. The van der Waals surface area contributed by atoms with Gasteiger partial charge >= 0.3 is 11.9 Å². The number of fused-ring (bicyclic) bond motifs is 1. The van der Waals surface area contributed by atoms with Crippen molar-refractivity contribution in [2.24, 2.45) is 0 Å². The van der Waals surface area contributed by atoms with Crippen molar-refractivity contribution in [1.82, 2.24) is 0 Å². The molecule has 52 heavy (non-hydrogen) atoms. The topological polar surface area (TPSA) is 159 Å². The number of phenolic OH excluding ortho intramolecular Hbond substituents is 3. The van der Waals surface area contributed by atoms with E-state index in [1.54, 1.807) is 48.6 Å². The van der Waals surface area contributed by atoms with E-state index in [1.807, 2.05) is 12.1 Å². The molecular weight excluding hydrogens is 672 g/mol. The fourth-order valence-corrected chi connectivity index (χ4v) is 5.74. The van der Waals surface area contributed by atoms with Gasteiger partial charge in [-0.05, 0) is 89.7 Å². The Kier molecular flexibility index (Phi) is 12.1. The van der Waals surface area contributed by atoms with Crippen molar-refractivity contribution in [3.8, 4) is 46.0 Å². The average Bonchev–Trinajstić information content (AvgIpc) is 3.53.